The first-order valence-corrected chi connectivity index (χ1v) is 9.41. The van der Waals surface area contributed by atoms with Gasteiger partial charge < -0.3 is 14.8 Å². The van der Waals surface area contributed by atoms with Gasteiger partial charge in [-0.15, -0.1) is 0 Å². The zero-order valence-corrected chi connectivity index (χ0v) is 17.0. The monoisotopic (exact) mass is 440 g/mol. The van der Waals surface area contributed by atoms with Crippen molar-refractivity contribution in [3.63, 3.8) is 0 Å². The molecular weight excluding hydrogens is 424 g/mol. The molecule has 0 aromatic heterocycles. The molecule has 3 rings (SSSR count). The number of ether oxygens (including phenoxy) is 2. The molecule has 3 aromatic rings. The summed E-state index contributed by atoms with van der Waals surface area (Å²) < 4.78 is 10.6. The van der Waals surface area contributed by atoms with Gasteiger partial charge in [0.2, 0.25) is 6.10 Å². The second-order valence-corrected chi connectivity index (χ2v) is 6.75. The number of esters is 1. The van der Waals surface area contributed by atoms with E-state index in [9.17, 15) is 19.7 Å². The lowest BCUT2D eigenvalue weighted by Gasteiger charge is -2.18. The summed E-state index contributed by atoms with van der Waals surface area (Å²) in [6, 6.07) is 18.6. The van der Waals surface area contributed by atoms with Crippen LogP contribution in [0, 0.1) is 10.1 Å². The normalized spacial score (nSPS) is 11.3. The zero-order chi connectivity index (χ0) is 22.4. The van der Waals surface area contributed by atoms with Gasteiger partial charge in [-0.05, 0) is 24.3 Å². The largest absolute Gasteiger partial charge is 0.497 e. The zero-order valence-electron chi connectivity index (χ0n) is 16.3. The lowest BCUT2D eigenvalue weighted by Crippen LogP contribution is -2.26. The molecule has 0 saturated carbocycles. The molecule has 0 bridgehead atoms. The summed E-state index contributed by atoms with van der Waals surface area (Å²) in [4.78, 5) is 36.0. The SMILES string of the molecule is COc1cccc(NC(=O)C(OC(=O)c2ccc(Cl)c([N+](=O)[O-])c2)c2ccccc2)c1. The van der Waals surface area contributed by atoms with Gasteiger partial charge in [0.25, 0.3) is 11.6 Å². The number of carbonyl (C=O) groups is 2. The van der Waals surface area contributed by atoms with Crippen LogP contribution in [-0.4, -0.2) is 23.9 Å². The number of benzene rings is 3. The van der Waals surface area contributed by atoms with Crippen LogP contribution in [0.4, 0.5) is 11.4 Å². The van der Waals surface area contributed by atoms with Crippen molar-refractivity contribution in [3.05, 3.63) is 99.1 Å². The number of methoxy groups -OCH3 is 1. The number of hydrogen-bond acceptors (Lipinski definition) is 6. The number of nitrogens with zero attached hydrogens (tertiary/aromatic N) is 1. The third kappa shape index (κ3) is 5.37. The first-order valence-electron chi connectivity index (χ1n) is 9.04. The number of amides is 1. The molecular formula is C22H17ClN2O6. The van der Waals surface area contributed by atoms with E-state index in [1.54, 1.807) is 54.6 Å². The van der Waals surface area contributed by atoms with E-state index in [4.69, 9.17) is 21.1 Å². The molecule has 0 fully saturated rings. The number of nitro groups is 1. The molecule has 0 heterocycles. The van der Waals surface area contributed by atoms with Gasteiger partial charge in [-0.3, -0.25) is 14.9 Å². The number of carbonyl (C=O) groups excluding carboxylic acids is 2. The maximum Gasteiger partial charge on any atom is 0.339 e. The maximum absolute atomic E-state index is 13.0. The van der Waals surface area contributed by atoms with Gasteiger partial charge in [0, 0.05) is 23.4 Å². The van der Waals surface area contributed by atoms with Crippen molar-refractivity contribution in [2.24, 2.45) is 0 Å². The first-order chi connectivity index (χ1) is 14.9. The van der Waals surface area contributed by atoms with E-state index < -0.39 is 28.6 Å². The second kappa shape index (κ2) is 9.73. The molecule has 0 saturated heterocycles. The minimum absolute atomic E-state index is 0.105. The highest BCUT2D eigenvalue weighted by Gasteiger charge is 2.27. The van der Waals surface area contributed by atoms with E-state index in [2.05, 4.69) is 5.32 Å². The van der Waals surface area contributed by atoms with Crippen LogP contribution >= 0.6 is 11.6 Å². The lowest BCUT2D eigenvalue weighted by atomic mass is 10.1. The van der Waals surface area contributed by atoms with E-state index in [-0.39, 0.29) is 10.6 Å². The third-order valence-electron chi connectivity index (χ3n) is 4.28. The van der Waals surface area contributed by atoms with Gasteiger partial charge in [-0.2, -0.15) is 0 Å². The number of hydrogen-bond donors (Lipinski definition) is 1. The quantitative estimate of drug-likeness (QED) is 0.321. The molecule has 0 spiro atoms. The van der Waals surface area contributed by atoms with Crippen molar-refractivity contribution in [3.8, 4) is 5.75 Å². The van der Waals surface area contributed by atoms with Crippen LogP contribution < -0.4 is 10.1 Å². The van der Waals surface area contributed by atoms with Gasteiger partial charge in [-0.25, -0.2) is 4.79 Å². The Balaban J connectivity index is 1.87. The Hall–Kier alpha value is -3.91. The fraction of sp³-hybridized carbons (Fsp3) is 0.0909. The lowest BCUT2D eigenvalue weighted by molar-refractivity contribution is -0.384. The highest BCUT2D eigenvalue weighted by atomic mass is 35.5. The summed E-state index contributed by atoms with van der Waals surface area (Å²) in [5.74, 6) is -0.967. The van der Waals surface area contributed by atoms with Crippen molar-refractivity contribution in [2.75, 3.05) is 12.4 Å². The average molecular weight is 441 g/mol. The fourth-order valence-corrected chi connectivity index (χ4v) is 2.95. The van der Waals surface area contributed by atoms with Crippen LogP contribution in [0.3, 0.4) is 0 Å². The highest BCUT2D eigenvalue weighted by molar-refractivity contribution is 6.32. The van der Waals surface area contributed by atoms with Crippen LogP contribution in [-0.2, 0) is 9.53 Å². The van der Waals surface area contributed by atoms with E-state index in [0.717, 1.165) is 6.07 Å². The Bertz CT molecular complexity index is 1120. The summed E-state index contributed by atoms with van der Waals surface area (Å²) in [6.45, 7) is 0. The molecule has 1 N–H and O–H groups in total. The van der Waals surface area contributed by atoms with Crippen molar-refractivity contribution >= 4 is 34.9 Å². The molecule has 31 heavy (non-hydrogen) atoms. The summed E-state index contributed by atoms with van der Waals surface area (Å²) in [6.07, 6.45) is -1.30. The highest BCUT2D eigenvalue weighted by Crippen LogP contribution is 2.27. The summed E-state index contributed by atoms with van der Waals surface area (Å²) in [7, 11) is 1.50. The third-order valence-corrected chi connectivity index (χ3v) is 4.60. The Morgan fingerprint density at radius 3 is 2.45 bits per heavy atom. The van der Waals surface area contributed by atoms with Crippen LogP contribution in [0.25, 0.3) is 0 Å². The molecule has 0 aliphatic rings. The summed E-state index contributed by atoms with van der Waals surface area (Å²) in [5, 5.41) is 13.7. The van der Waals surface area contributed by atoms with Gasteiger partial charge in [0.1, 0.15) is 10.8 Å². The van der Waals surface area contributed by atoms with Gasteiger partial charge in [0.15, 0.2) is 0 Å². The van der Waals surface area contributed by atoms with Gasteiger partial charge in [-0.1, -0.05) is 48.0 Å². The number of nitrogens with one attached hydrogen (secondary N) is 1. The van der Waals surface area contributed by atoms with Crippen molar-refractivity contribution < 1.29 is 24.0 Å². The van der Waals surface area contributed by atoms with E-state index in [1.807, 2.05) is 0 Å². The van der Waals surface area contributed by atoms with Crippen molar-refractivity contribution in [1.29, 1.82) is 0 Å². The van der Waals surface area contributed by atoms with Gasteiger partial charge >= 0.3 is 5.97 Å². The summed E-state index contributed by atoms with van der Waals surface area (Å²) in [5.41, 5.74) is 0.336. The number of nitro benzene ring substituents is 1. The molecule has 1 amide bonds. The number of halogens is 1. The van der Waals surface area contributed by atoms with Crippen LogP contribution in [0.15, 0.2) is 72.8 Å². The minimum atomic E-state index is -1.30. The van der Waals surface area contributed by atoms with E-state index in [0.29, 0.717) is 17.0 Å². The van der Waals surface area contributed by atoms with Crippen molar-refractivity contribution in [1.82, 2.24) is 0 Å². The van der Waals surface area contributed by atoms with Crippen LogP contribution in [0.2, 0.25) is 5.02 Å². The summed E-state index contributed by atoms with van der Waals surface area (Å²) >= 11 is 5.79. The smallest absolute Gasteiger partial charge is 0.339 e. The molecule has 9 heteroatoms. The molecule has 1 atom stereocenters. The van der Waals surface area contributed by atoms with Crippen molar-refractivity contribution in [2.45, 2.75) is 6.10 Å². The maximum atomic E-state index is 13.0. The molecule has 8 nitrogen and oxygen atoms in total. The molecule has 3 aromatic carbocycles. The molecule has 0 aliphatic carbocycles. The van der Waals surface area contributed by atoms with Gasteiger partial charge in [0.05, 0.1) is 17.6 Å². The Kier molecular flexibility index (Phi) is 6.84. The molecule has 1 unspecified atom stereocenters. The first kappa shape index (κ1) is 21.8. The molecule has 158 valence electrons. The standard InChI is InChI=1S/C22H17ClN2O6/c1-30-17-9-5-8-16(13-17)24-21(26)20(14-6-3-2-4-7-14)31-22(27)15-10-11-18(23)19(12-15)25(28)29/h2-13,20H,1H3,(H,24,26). The predicted molar refractivity (Wildman–Crippen MR) is 114 cm³/mol. The number of rotatable bonds is 7. The van der Waals surface area contributed by atoms with Crippen LogP contribution in [0.1, 0.15) is 22.0 Å². The topological polar surface area (TPSA) is 108 Å². The fourth-order valence-electron chi connectivity index (χ4n) is 2.76. The number of anilines is 1. The Labute approximate surface area is 182 Å². The Morgan fingerprint density at radius 2 is 1.77 bits per heavy atom. The predicted octanol–water partition coefficient (Wildman–Crippen LogP) is 4.79. The Morgan fingerprint density at radius 1 is 1.03 bits per heavy atom. The van der Waals surface area contributed by atoms with E-state index in [1.165, 1.54) is 19.2 Å². The van der Waals surface area contributed by atoms with E-state index >= 15 is 0 Å². The molecule has 0 radical (unpaired) electrons. The second-order valence-electron chi connectivity index (χ2n) is 6.34. The average Bonchev–Trinajstić information content (AvgIpc) is 2.78. The van der Waals surface area contributed by atoms with Crippen LogP contribution in [0.5, 0.6) is 5.75 Å². The molecule has 0 aliphatic heterocycles. The minimum Gasteiger partial charge on any atom is -0.497 e.